The number of nitrogens with zero attached hydrogens (tertiary/aromatic N) is 1. The number of ether oxygens (including phenoxy) is 1. The average molecular weight is 200 g/mol. The number of rotatable bonds is 6. The van der Waals surface area contributed by atoms with E-state index in [2.05, 4.69) is 5.32 Å². The van der Waals surface area contributed by atoms with E-state index in [1.165, 1.54) is 7.11 Å². The van der Waals surface area contributed by atoms with Crippen molar-refractivity contribution in [2.24, 2.45) is 5.41 Å². The van der Waals surface area contributed by atoms with Crippen molar-refractivity contribution in [3.05, 3.63) is 0 Å². The summed E-state index contributed by atoms with van der Waals surface area (Å²) in [7, 11) is 1.52. The van der Waals surface area contributed by atoms with Gasteiger partial charge in [-0.25, -0.2) is 0 Å². The minimum atomic E-state index is -0.970. The fourth-order valence-electron chi connectivity index (χ4n) is 1.30. The molecule has 2 N–H and O–H groups in total. The van der Waals surface area contributed by atoms with Gasteiger partial charge in [-0.1, -0.05) is 13.8 Å². The summed E-state index contributed by atoms with van der Waals surface area (Å²) in [5, 5.41) is 19.9. The molecule has 80 valence electrons. The maximum atomic E-state index is 10.9. The second-order valence-electron chi connectivity index (χ2n) is 3.73. The van der Waals surface area contributed by atoms with E-state index in [1.807, 2.05) is 6.07 Å². The molecule has 0 radical (unpaired) electrons. The Morgan fingerprint density at radius 1 is 1.71 bits per heavy atom. The first-order chi connectivity index (χ1) is 6.45. The Bertz CT molecular complexity index is 233. The lowest BCUT2D eigenvalue weighted by molar-refractivity contribution is -0.143. The molecule has 0 spiro atoms. The molecule has 0 rings (SSSR count). The summed E-state index contributed by atoms with van der Waals surface area (Å²) in [6.07, 6.45) is 0. The smallest absolute Gasteiger partial charge is 0.321 e. The summed E-state index contributed by atoms with van der Waals surface area (Å²) in [6, 6.07) is 1.08. The fourth-order valence-corrected chi connectivity index (χ4v) is 1.30. The number of carboxylic acids is 1. The standard InChI is InChI=1S/C9H16N2O3/c1-9(2,6-14-3)7(8(12)13)11-5-4-10/h7,11H,5-6H2,1-3H3,(H,12,13). The number of methoxy groups -OCH3 is 1. The molecule has 1 atom stereocenters. The summed E-state index contributed by atoms with van der Waals surface area (Å²) in [5.41, 5.74) is -0.544. The second-order valence-corrected chi connectivity index (χ2v) is 3.73. The van der Waals surface area contributed by atoms with Crippen LogP contribution < -0.4 is 5.32 Å². The van der Waals surface area contributed by atoms with E-state index in [0.717, 1.165) is 0 Å². The van der Waals surface area contributed by atoms with Gasteiger partial charge in [0.15, 0.2) is 0 Å². The number of nitrogens with one attached hydrogen (secondary N) is 1. The highest BCUT2D eigenvalue weighted by molar-refractivity contribution is 5.74. The van der Waals surface area contributed by atoms with Gasteiger partial charge in [0.25, 0.3) is 0 Å². The van der Waals surface area contributed by atoms with Gasteiger partial charge in [-0.2, -0.15) is 5.26 Å². The van der Waals surface area contributed by atoms with Crippen molar-refractivity contribution in [1.82, 2.24) is 5.32 Å². The van der Waals surface area contributed by atoms with Crippen LogP contribution in [-0.2, 0) is 9.53 Å². The number of carboxylic acid groups (broad SMARTS) is 1. The number of aliphatic carboxylic acids is 1. The van der Waals surface area contributed by atoms with E-state index in [-0.39, 0.29) is 6.54 Å². The largest absolute Gasteiger partial charge is 0.480 e. The monoisotopic (exact) mass is 200 g/mol. The van der Waals surface area contributed by atoms with Crippen LogP contribution in [0.25, 0.3) is 0 Å². The minimum absolute atomic E-state index is 0.0180. The molecule has 5 heteroatoms. The van der Waals surface area contributed by atoms with Crippen LogP contribution in [0.1, 0.15) is 13.8 Å². The molecule has 1 unspecified atom stereocenters. The van der Waals surface area contributed by atoms with E-state index in [1.54, 1.807) is 13.8 Å². The summed E-state index contributed by atoms with van der Waals surface area (Å²) in [6.45, 7) is 3.89. The number of hydrogen-bond donors (Lipinski definition) is 2. The zero-order valence-corrected chi connectivity index (χ0v) is 8.70. The Hall–Kier alpha value is -1.12. The first-order valence-electron chi connectivity index (χ1n) is 4.27. The molecule has 0 saturated carbocycles. The molecule has 0 aliphatic rings. The van der Waals surface area contributed by atoms with Crippen LogP contribution in [0.2, 0.25) is 0 Å². The van der Waals surface area contributed by atoms with Crippen LogP contribution in [0.4, 0.5) is 0 Å². The minimum Gasteiger partial charge on any atom is -0.480 e. The van der Waals surface area contributed by atoms with Crippen molar-refractivity contribution < 1.29 is 14.6 Å². The maximum absolute atomic E-state index is 10.9. The SMILES string of the molecule is COCC(C)(C)C(NCC#N)C(=O)O. The van der Waals surface area contributed by atoms with Gasteiger partial charge in [0, 0.05) is 12.5 Å². The highest BCUT2D eigenvalue weighted by atomic mass is 16.5. The van der Waals surface area contributed by atoms with Crippen molar-refractivity contribution in [1.29, 1.82) is 5.26 Å². The van der Waals surface area contributed by atoms with Gasteiger partial charge in [-0.15, -0.1) is 0 Å². The average Bonchev–Trinajstić information content (AvgIpc) is 2.03. The Balaban J connectivity index is 4.47. The highest BCUT2D eigenvalue weighted by Crippen LogP contribution is 2.21. The van der Waals surface area contributed by atoms with Crippen LogP contribution in [-0.4, -0.2) is 37.4 Å². The van der Waals surface area contributed by atoms with Gasteiger partial charge in [0.1, 0.15) is 6.04 Å². The molecule has 0 amide bonds. The van der Waals surface area contributed by atoms with Gasteiger partial charge in [-0.3, -0.25) is 10.1 Å². The normalized spacial score (nSPS) is 13.3. The molecule has 14 heavy (non-hydrogen) atoms. The number of nitriles is 1. The summed E-state index contributed by atoms with van der Waals surface area (Å²) < 4.78 is 4.93. The molecule has 0 heterocycles. The first-order valence-corrected chi connectivity index (χ1v) is 4.27. The second kappa shape index (κ2) is 5.58. The number of hydrogen-bond acceptors (Lipinski definition) is 4. The zero-order valence-electron chi connectivity index (χ0n) is 8.70. The highest BCUT2D eigenvalue weighted by Gasteiger charge is 2.34. The van der Waals surface area contributed by atoms with E-state index in [0.29, 0.717) is 6.61 Å². The molecule has 0 aromatic carbocycles. The Morgan fingerprint density at radius 3 is 2.64 bits per heavy atom. The Kier molecular flexibility index (Phi) is 5.13. The van der Waals surface area contributed by atoms with Crippen molar-refractivity contribution >= 4 is 5.97 Å². The van der Waals surface area contributed by atoms with Crippen LogP contribution in [0, 0.1) is 16.7 Å². The maximum Gasteiger partial charge on any atom is 0.321 e. The molecule has 0 saturated heterocycles. The van der Waals surface area contributed by atoms with Crippen molar-refractivity contribution in [3.8, 4) is 6.07 Å². The van der Waals surface area contributed by atoms with Crippen LogP contribution in [0.3, 0.4) is 0 Å². The van der Waals surface area contributed by atoms with Gasteiger partial charge >= 0.3 is 5.97 Å². The van der Waals surface area contributed by atoms with Crippen molar-refractivity contribution in [2.75, 3.05) is 20.3 Å². The first kappa shape index (κ1) is 12.9. The van der Waals surface area contributed by atoms with Crippen molar-refractivity contribution in [3.63, 3.8) is 0 Å². The Morgan fingerprint density at radius 2 is 2.29 bits per heavy atom. The topological polar surface area (TPSA) is 82.3 Å². The van der Waals surface area contributed by atoms with Gasteiger partial charge in [0.2, 0.25) is 0 Å². The third-order valence-corrected chi connectivity index (χ3v) is 1.93. The van der Waals surface area contributed by atoms with Crippen LogP contribution in [0.15, 0.2) is 0 Å². The summed E-state index contributed by atoms with van der Waals surface area (Å²) in [4.78, 5) is 10.9. The molecule has 5 nitrogen and oxygen atoms in total. The lowest BCUT2D eigenvalue weighted by Crippen LogP contribution is -2.49. The molecule has 0 aliphatic carbocycles. The van der Waals surface area contributed by atoms with Crippen molar-refractivity contribution in [2.45, 2.75) is 19.9 Å². The van der Waals surface area contributed by atoms with Crippen LogP contribution >= 0.6 is 0 Å². The molecular formula is C9H16N2O3. The van der Waals surface area contributed by atoms with Gasteiger partial charge < -0.3 is 9.84 Å². The molecule has 0 aromatic rings. The van der Waals surface area contributed by atoms with E-state index in [9.17, 15) is 4.79 Å². The van der Waals surface area contributed by atoms with E-state index >= 15 is 0 Å². The predicted molar refractivity (Wildman–Crippen MR) is 50.7 cm³/mol. The molecule has 0 aromatic heterocycles. The predicted octanol–water partition coefficient (Wildman–Crippen LogP) is 0.225. The summed E-state index contributed by atoms with van der Waals surface area (Å²) in [5.74, 6) is -0.970. The quantitative estimate of drug-likeness (QED) is 0.599. The third kappa shape index (κ3) is 3.73. The molecule has 0 fully saturated rings. The Labute approximate surface area is 83.7 Å². The fraction of sp³-hybridized carbons (Fsp3) is 0.778. The molecule has 0 aliphatic heterocycles. The van der Waals surface area contributed by atoms with Crippen LogP contribution in [0.5, 0.6) is 0 Å². The molecule has 0 bridgehead atoms. The number of carbonyl (C=O) groups is 1. The zero-order chi connectivity index (χ0) is 11.2. The van der Waals surface area contributed by atoms with E-state index in [4.69, 9.17) is 15.1 Å². The summed E-state index contributed by atoms with van der Waals surface area (Å²) >= 11 is 0. The van der Waals surface area contributed by atoms with E-state index < -0.39 is 17.4 Å². The van der Waals surface area contributed by atoms with Gasteiger partial charge in [0.05, 0.1) is 19.2 Å². The molecular weight excluding hydrogens is 184 g/mol. The van der Waals surface area contributed by atoms with Gasteiger partial charge in [-0.05, 0) is 0 Å². The lowest BCUT2D eigenvalue weighted by Gasteiger charge is -2.30. The third-order valence-electron chi connectivity index (χ3n) is 1.93. The lowest BCUT2D eigenvalue weighted by atomic mass is 9.85.